The van der Waals surface area contributed by atoms with E-state index in [0.29, 0.717) is 0 Å². The summed E-state index contributed by atoms with van der Waals surface area (Å²) >= 11 is 1.86. The topological polar surface area (TPSA) is 17.0 Å². The fraction of sp³-hybridized carbons (Fsp3) is 0.0270. The zero-order valence-electron chi connectivity index (χ0n) is 22.5. The number of nitrogens with zero attached hydrogens (tertiary/aromatic N) is 1. The second kappa shape index (κ2) is 8.60. The average Bonchev–Trinajstić information content (AvgIpc) is 3.56. The molecule has 0 saturated heterocycles. The molecule has 0 fully saturated rings. The predicted octanol–water partition coefficient (Wildman–Crippen LogP) is 8.84. The highest BCUT2D eigenvalue weighted by Gasteiger charge is 2.27. The van der Waals surface area contributed by atoms with Crippen molar-refractivity contribution in [3.05, 3.63) is 127 Å². The van der Waals surface area contributed by atoms with Gasteiger partial charge in [-0.3, -0.25) is 0 Å². The average molecular weight is 539 g/mol. The van der Waals surface area contributed by atoms with E-state index in [1.807, 2.05) is 11.3 Å². The first-order valence-electron chi connectivity index (χ1n) is 14.0. The Bertz CT molecular complexity index is 2330. The number of aryl methyl sites for hydroxylation is 1. The van der Waals surface area contributed by atoms with Gasteiger partial charge in [-0.1, -0.05) is 84.3 Å². The number of para-hydroxylation sites is 3. The number of hydrogen-bond acceptors (Lipinski definition) is 2. The molecule has 4 heteroatoms. The number of nitrogens with one attached hydrogen (secondary N) is 1. The standard InChI is InChI=1S/C37H24BN2S/c1-22-19-28(36-37-35(22)25-14-5-8-16-31(25)40(37)32-17-9-7-15-29(32)38-36)26-20-27-24-13-6-10-18-33(24)41-34(27)21-30(26)39-23-11-3-2-4-12-23/h2-21,39H,1H3. The number of thiophene rings is 1. The van der Waals surface area contributed by atoms with Gasteiger partial charge in [0.05, 0.1) is 5.52 Å². The Morgan fingerprint density at radius 2 is 1.41 bits per heavy atom. The number of rotatable bonds is 3. The van der Waals surface area contributed by atoms with Crippen molar-refractivity contribution in [2.75, 3.05) is 5.32 Å². The smallest absolute Gasteiger partial charge is 0.197 e. The fourth-order valence-electron chi connectivity index (χ4n) is 6.75. The number of aromatic nitrogens is 1. The monoisotopic (exact) mass is 539 g/mol. The third-order valence-corrected chi connectivity index (χ3v) is 9.65. The van der Waals surface area contributed by atoms with Crippen LogP contribution in [0.2, 0.25) is 0 Å². The van der Waals surface area contributed by atoms with Crippen LogP contribution in [-0.2, 0) is 0 Å². The van der Waals surface area contributed by atoms with Crippen LogP contribution < -0.4 is 16.2 Å². The molecule has 1 aliphatic heterocycles. The van der Waals surface area contributed by atoms with Crippen LogP contribution in [-0.4, -0.2) is 11.8 Å². The van der Waals surface area contributed by atoms with E-state index >= 15 is 0 Å². The predicted molar refractivity (Wildman–Crippen MR) is 179 cm³/mol. The van der Waals surface area contributed by atoms with Gasteiger partial charge in [0, 0.05) is 59.1 Å². The van der Waals surface area contributed by atoms with Crippen molar-refractivity contribution < 1.29 is 0 Å². The van der Waals surface area contributed by atoms with E-state index < -0.39 is 0 Å². The highest BCUT2D eigenvalue weighted by atomic mass is 32.1. The van der Waals surface area contributed by atoms with Gasteiger partial charge in [-0.05, 0) is 66.0 Å². The van der Waals surface area contributed by atoms with Crippen LogP contribution in [0.15, 0.2) is 121 Å². The summed E-state index contributed by atoms with van der Waals surface area (Å²) in [5.41, 5.74) is 12.3. The van der Waals surface area contributed by atoms with Crippen LogP contribution in [0.25, 0.3) is 58.8 Å². The first-order chi connectivity index (χ1) is 20.2. The Kier molecular flexibility index (Phi) is 4.82. The van der Waals surface area contributed by atoms with Gasteiger partial charge in [-0.25, -0.2) is 0 Å². The molecular formula is C37H24BN2S. The van der Waals surface area contributed by atoms with E-state index in [2.05, 4.69) is 145 Å². The molecule has 0 saturated carbocycles. The summed E-state index contributed by atoms with van der Waals surface area (Å²) in [6, 6.07) is 44.0. The number of hydrogen-bond donors (Lipinski definition) is 1. The molecular weight excluding hydrogens is 515 g/mol. The van der Waals surface area contributed by atoms with Gasteiger partial charge in [0.25, 0.3) is 0 Å². The summed E-state index contributed by atoms with van der Waals surface area (Å²) < 4.78 is 5.09. The molecule has 0 bridgehead atoms. The summed E-state index contributed by atoms with van der Waals surface area (Å²) in [5, 5.41) is 9.05. The number of fused-ring (bicyclic) bond motifs is 8. The summed E-state index contributed by atoms with van der Waals surface area (Å²) in [6.07, 6.45) is 0. The highest BCUT2D eigenvalue weighted by molar-refractivity contribution is 7.25. The number of anilines is 2. The summed E-state index contributed by atoms with van der Waals surface area (Å²) in [4.78, 5) is 0. The molecule has 8 aromatic rings. The third-order valence-electron chi connectivity index (χ3n) is 8.51. The Hall–Kier alpha value is -4.80. The van der Waals surface area contributed by atoms with Gasteiger partial charge >= 0.3 is 0 Å². The summed E-state index contributed by atoms with van der Waals surface area (Å²) in [5.74, 6) is 0. The van der Waals surface area contributed by atoms with Crippen molar-refractivity contribution in [1.82, 2.24) is 4.57 Å². The Morgan fingerprint density at radius 3 is 2.32 bits per heavy atom. The van der Waals surface area contributed by atoms with Crippen LogP contribution in [0.1, 0.15) is 5.56 Å². The van der Waals surface area contributed by atoms with Crippen molar-refractivity contribution in [1.29, 1.82) is 0 Å². The molecule has 0 unspecified atom stereocenters. The molecule has 41 heavy (non-hydrogen) atoms. The Balaban J connectivity index is 1.41. The van der Waals surface area contributed by atoms with Crippen molar-refractivity contribution in [2.24, 2.45) is 0 Å². The van der Waals surface area contributed by atoms with Gasteiger partial charge in [0.1, 0.15) is 0 Å². The molecule has 2 nitrogen and oxygen atoms in total. The van der Waals surface area contributed by atoms with Crippen molar-refractivity contribution in [2.45, 2.75) is 6.92 Å². The minimum atomic E-state index is 1.09. The van der Waals surface area contributed by atoms with Crippen LogP contribution >= 0.6 is 11.3 Å². The molecule has 0 aliphatic carbocycles. The zero-order chi connectivity index (χ0) is 27.1. The zero-order valence-corrected chi connectivity index (χ0v) is 23.3. The maximum atomic E-state index is 3.79. The van der Waals surface area contributed by atoms with Crippen molar-refractivity contribution >= 4 is 82.9 Å². The van der Waals surface area contributed by atoms with Gasteiger partial charge in [0.2, 0.25) is 0 Å². The van der Waals surface area contributed by atoms with Crippen molar-refractivity contribution in [3.8, 4) is 16.8 Å². The fourth-order valence-corrected chi connectivity index (χ4v) is 7.88. The summed E-state index contributed by atoms with van der Waals surface area (Å²) in [6.45, 7) is 2.27. The molecule has 3 heterocycles. The van der Waals surface area contributed by atoms with E-state index in [1.54, 1.807) is 0 Å². The number of benzene rings is 6. The molecule has 1 aliphatic rings. The lowest BCUT2D eigenvalue weighted by Gasteiger charge is -2.24. The first kappa shape index (κ1) is 23.0. The highest BCUT2D eigenvalue weighted by Crippen LogP contribution is 2.43. The molecule has 0 atom stereocenters. The normalized spacial score (nSPS) is 12.2. The summed E-state index contributed by atoms with van der Waals surface area (Å²) in [7, 11) is 2.40. The SMILES string of the molecule is Cc1cc(-c2cc3c(cc2Nc2ccccc2)sc2ccccc23)c2c3c1c1ccccc1n3-c1ccccc1[B]2. The maximum Gasteiger partial charge on any atom is 0.197 e. The van der Waals surface area contributed by atoms with Crippen LogP contribution in [0, 0.1) is 6.92 Å². The van der Waals surface area contributed by atoms with E-state index in [0.717, 1.165) is 11.4 Å². The van der Waals surface area contributed by atoms with Gasteiger partial charge in [0.15, 0.2) is 7.28 Å². The minimum Gasteiger partial charge on any atom is -0.355 e. The molecule has 6 aromatic carbocycles. The van der Waals surface area contributed by atoms with E-state index in [1.165, 1.54) is 75.3 Å². The van der Waals surface area contributed by atoms with E-state index in [4.69, 9.17) is 0 Å². The Morgan fingerprint density at radius 1 is 0.659 bits per heavy atom. The largest absolute Gasteiger partial charge is 0.355 e. The van der Waals surface area contributed by atoms with Crippen LogP contribution in [0.5, 0.6) is 0 Å². The molecule has 0 spiro atoms. The minimum absolute atomic E-state index is 1.09. The van der Waals surface area contributed by atoms with Crippen LogP contribution in [0.3, 0.4) is 0 Å². The second-order valence-corrected chi connectivity index (χ2v) is 12.0. The lowest BCUT2D eigenvalue weighted by molar-refractivity contribution is 1.19. The van der Waals surface area contributed by atoms with Gasteiger partial charge < -0.3 is 9.88 Å². The first-order valence-corrected chi connectivity index (χ1v) is 14.8. The molecule has 1 radical (unpaired) electrons. The Labute approximate surface area is 242 Å². The van der Waals surface area contributed by atoms with E-state index in [9.17, 15) is 0 Å². The quantitative estimate of drug-likeness (QED) is 0.222. The van der Waals surface area contributed by atoms with Gasteiger partial charge in [-0.15, -0.1) is 11.3 Å². The molecule has 0 amide bonds. The second-order valence-electron chi connectivity index (χ2n) is 10.9. The van der Waals surface area contributed by atoms with Gasteiger partial charge in [-0.2, -0.15) is 0 Å². The molecule has 9 rings (SSSR count). The van der Waals surface area contributed by atoms with Crippen molar-refractivity contribution in [3.63, 3.8) is 0 Å². The molecule has 191 valence electrons. The van der Waals surface area contributed by atoms with E-state index in [-0.39, 0.29) is 0 Å². The molecule has 2 aromatic heterocycles. The lowest BCUT2D eigenvalue weighted by Crippen LogP contribution is -2.37. The molecule has 1 N–H and O–H groups in total. The van der Waals surface area contributed by atoms with Crippen LogP contribution in [0.4, 0.5) is 11.4 Å². The lowest BCUT2D eigenvalue weighted by atomic mass is 9.59. The maximum absolute atomic E-state index is 3.79. The third kappa shape index (κ3) is 3.32.